The number of hydrogen-bond donors (Lipinski definition) is 0. The number of imide groups is 1. The first-order valence-electron chi connectivity index (χ1n) is 8.25. The Hall–Kier alpha value is -3.11. The Bertz CT molecular complexity index is 1050. The van der Waals surface area contributed by atoms with E-state index < -0.39 is 28.6 Å². The number of nitrogens with zero attached hydrogens (tertiary/aromatic N) is 2. The van der Waals surface area contributed by atoms with E-state index in [9.17, 15) is 24.5 Å². The molecular formula is C18H13ClN2O7S. The molecule has 0 bridgehead atoms. The fraction of sp³-hybridized carbons (Fsp3) is 0.167. The Morgan fingerprint density at radius 3 is 2.79 bits per heavy atom. The van der Waals surface area contributed by atoms with Crippen LogP contribution in [0.3, 0.4) is 0 Å². The molecule has 0 radical (unpaired) electrons. The van der Waals surface area contributed by atoms with Crippen molar-refractivity contribution in [1.82, 2.24) is 4.90 Å². The molecule has 2 amide bonds. The van der Waals surface area contributed by atoms with Gasteiger partial charge < -0.3 is 9.15 Å². The number of halogens is 1. The molecule has 1 aliphatic heterocycles. The molecular weight excluding hydrogens is 424 g/mol. The zero-order chi connectivity index (χ0) is 21.1. The maximum atomic E-state index is 12.4. The van der Waals surface area contributed by atoms with Crippen molar-refractivity contribution in [2.45, 2.75) is 6.92 Å². The number of esters is 1. The molecule has 1 saturated heterocycles. The van der Waals surface area contributed by atoms with Crippen LogP contribution in [-0.4, -0.2) is 40.1 Å². The maximum absolute atomic E-state index is 12.4. The number of nitro groups is 1. The van der Waals surface area contributed by atoms with Crippen LogP contribution in [-0.2, 0) is 14.3 Å². The second-order valence-corrected chi connectivity index (χ2v) is 7.12. The third-order valence-electron chi connectivity index (χ3n) is 3.79. The highest BCUT2D eigenvalue weighted by Gasteiger charge is 2.37. The minimum absolute atomic E-state index is 0.0609. The second kappa shape index (κ2) is 8.50. The summed E-state index contributed by atoms with van der Waals surface area (Å²) >= 11 is 6.47. The van der Waals surface area contributed by atoms with Gasteiger partial charge in [-0.2, -0.15) is 0 Å². The molecule has 0 aliphatic carbocycles. The average Bonchev–Trinajstić information content (AvgIpc) is 3.22. The molecule has 0 N–H and O–H groups in total. The minimum Gasteiger partial charge on any atom is -0.465 e. The first-order valence-corrected chi connectivity index (χ1v) is 9.44. The molecule has 0 spiro atoms. The van der Waals surface area contributed by atoms with Crippen LogP contribution in [0.2, 0.25) is 5.02 Å². The number of amides is 2. The van der Waals surface area contributed by atoms with Gasteiger partial charge in [-0.05, 0) is 43.0 Å². The van der Waals surface area contributed by atoms with Gasteiger partial charge >= 0.3 is 5.97 Å². The SMILES string of the molecule is CCOC(=O)CN1C(=O)SC(=Cc2ccc(-c3ccc(Cl)cc3[N+](=O)[O-])o2)C1=O. The van der Waals surface area contributed by atoms with Crippen LogP contribution in [0, 0.1) is 10.1 Å². The zero-order valence-electron chi connectivity index (χ0n) is 14.9. The summed E-state index contributed by atoms with van der Waals surface area (Å²) in [4.78, 5) is 47.4. The summed E-state index contributed by atoms with van der Waals surface area (Å²) in [7, 11) is 0. The normalized spacial score (nSPS) is 15.2. The van der Waals surface area contributed by atoms with Gasteiger partial charge in [0.1, 0.15) is 18.1 Å². The molecule has 2 aromatic rings. The Labute approximate surface area is 173 Å². The molecule has 3 rings (SSSR count). The van der Waals surface area contributed by atoms with Gasteiger partial charge in [0.2, 0.25) is 0 Å². The number of rotatable bonds is 6. The Kier molecular flexibility index (Phi) is 6.04. The van der Waals surface area contributed by atoms with Crippen LogP contribution in [0.1, 0.15) is 12.7 Å². The van der Waals surface area contributed by atoms with Crippen molar-refractivity contribution in [3.05, 3.63) is 56.1 Å². The summed E-state index contributed by atoms with van der Waals surface area (Å²) in [6.07, 6.45) is 1.33. The third-order valence-corrected chi connectivity index (χ3v) is 4.93. The van der Waals surface area contributed by atoms with E-state index in [2.05, 4.69) is 0 Å². The van der Waals surface area contributed by atoms with E-state index >= 15 is 0 Å². The molecule has 2 heterocycles. The van der Waals surface area contributed by atoms with Crippen LogP contribution >= 0.6 is 23.4 Å². The summed E-state index contributed by atoms with van der Waals surface area (Å²) in [5.74, 6) is -0.925. The van der Waals surface area contributed by atoms with E-state index in [1.165, 1.54) is 36.4 Å². The van der Waals surface area contributed by atoms with E-state index in [0.29, 0.717) is 11.8 Å². The van der Waals surface area contributed by atoms with Gasteiger partial charge in [0, 0.05) is 17.2 Å². The summed E-state index contributed by atoms with van der Waals surface area (Å²) in [6, 6.07) is 7.17. The highest BCUT2D eigenvalue weighted by Crippen LogP contribution is 2.36. The molecule has 1 fully saturated rings. The lowest BCUT2D eigenvalue weighted by Gasteiger charge is -2.10. The van der Waals surface area contributed by atoms with Gasteiger partial charge in [-0.15, -0.1) is 0 Å². The standard InChI is InChI=1S/C18H13ClN2O7S/c1-2-27-16(22)9-20-17(23)15(29-18(20)24)8-11-4-6-14(28-11)12-5-3-10(19)7-13(12)21(25)26/h3-8H,2,9H2,1H3. The third kappa shape index (κ3) is 4.49. The molecule has 1 aromatic carbocycles. The topological polar surface area (TPSA) is 120 Å². The molecule has 11 heteroatoms. The summed E-state index contributed by atoms with van der Waals surface area (Å²) in [6.45, 7) is 1.28. The molecule has 29 heavy (non-hydrogen) atoms. The predicted octanol–water partition coefficient (Wildman–Crippen LogP) is 4.11. The van der Waals surface area contributed by atoms with E-state index in [-0.39, 0.29) is 39.3 Å². The molecule has 9 nitrogen and oxygen atoms in total. The van der Waals surface area contributed by atoms with Gasteiger partial charge in [0.15, 0.2) is 0 Å². The van der Waals surface area contributed by atoms with Crippen molar-refractivity contribution in [3.63, 3.8) is 0 Å². The van der Waals surface area contributed by atoms with E-state index in [1.807, 2.05) is 0 Å². The molecule has 1 aromatic heterocycles. The minimum atomic E-state index is -0.689. The van der Waals surface area contributed by atoms with Crippen LogP contribution < -0.4 is 0 Å². The number of furan rings is 1. The number of carbonyl (C=O) groups excluding carboxylic acids is 3. The van der Waals surface area contributed by atoms with Gasteiger partial charge in [-0.3, -0.25) is 29.4 Å². The highest BCUT2D eigenvalue weighted by atomic mass is 35.5. The van der Waals surface area contributed by atoms with Crippen molar-refractivity contribution in [2.24, 2.45) is 0 Å². The fourth-order valence-electron chi connectivity index (χ4n) is 2.54. The van der Waals surface area contributed by atoms with E-state index in [4.69, 9.17) is 20.8 Å². The lowest BCUT2D eigenvalue weighted by molar-refractivity contribution is -0.384. The number of nitro benzene ring substituents is 1. The van der Waals surface area contributed by atoms with Gasteiger partial charge in [0.25, 0.3) is 16.8 Å². The monoisotopic (exact) mass is 436 g/mol. The van der Waals surface area contributed by atoms with Crippen LogP contribution in [0.5, 0.6) is 0 Å². The lowest BCUT2D eigenvalue weighted by Crippen LogP contribution is -2.34. The average molecular weight is 437 g/mol. The van der Waals surface area contributed by atoms with Crippen molar-refractivity contribution in [2.75, 3.05) is 13.2 Å². The molecule has 150 valence electrons. The number of carbonyl (C=O) groups is 3. The van der Waals surface area contributed by atoms with Crippen molar-refractivity contribution < 1.29 is 28.5 Å². The largest absolute Gasteiger partial charge is 0.465 e. The molecule has 0 unspecified atom stereocenters. The number of ether oxygens (including phenoxy) is 1. The van der Waals surface area contributed by atoms with Gasteiger partial charge in [0.05, 0.1) is 22.0 Å². The first kappa shape index (κ1) is 20.6. The second-order valence-electron chi connectivity index (χ2n) is 5.69. The summed E-state index contributed by atoms with van der Waals surface area (Å²) in [5.41, 5.74) is -0.0115. The van der Waals surface area contributed by atoms with Crippen LogP contribution in [0.15, 0.2) is 39.7 Å². The number of thioether (sulfide) groups is 1. The summed E-state index contributed by atoms with van der Waals surface area (Å²) < 4.78 is 10.3. The van der Waals surface area contributed by atoms with E-state index in [1.54, 1.807) is 6.92 Å². The van der Waals surface area contributed by atoms with Gasteiger partial charge in [-0.25, -0.2) is 0 Å². The highest BCUT2D eigenvalue weighted by molar-refractivity contribution is 8.18. The molecule has 1 aliphatic rings. The number of hydrogen-bond acceptors (Lipinski definition) is 8. The molecule has 0 atom stereocenters. The predicted molar refractivity (Wildman–Crippen MR) is 105 cm³/mol. The Balaban J connectivity index is 1.84. The van der Waals surface area contributed by atoms with Crippen molar-refractivity contribution in [3.8, 4) is 11.3 Å². The van der Waals surface area contributed by atoms with Crippen molar-refractivity contribution >= 4 is 52.2 Å². The zero-order valence-corrected chi connectivity index (χ0v) is 16.5. The number of benzene rings is 1. The summed E-state index contributed by atoms with van der Waals surface area (Å²) in [5, 5.41) is 10.9. The first-order chi connectivity index (χ1) is 13.8. The quantitative estimate of drug-likeness (QED) is 0.287. The van der Waals surface area contributed by atoms with Crippen LogP contribution in [0.4, 0.5) is 10.5 Å². The van der Waals surface area contributed by atoms with Gasteiger partial charge in [-0.1, -0.05) is 11.6 Å². The maximum Gasteiger partial charge on any atom is 0.326 e. The van der Waals surface area contributed by atoms with Crippen molar-refractivity contribution in [1.29, 1.82) is 0 Å². The Morgan fingerprint density at radius 2 is 2.10 bits per heavy atom. The Morgan fingerprint density at radius 1 is 1.34 bits per heavy atom. The molecule has 0 saturated carbocycles. The van der Waals surface area contributed by atoms with E-state index in [0.717, 1.165) is 4.90 Å². The van der Waals surface area contributed by atoms with Crippen LogP contribution in [0.25, 0.3) is 17.4 Å². The lowest BCUT2D eigenvalue weighted by atomic mass is 10.1. The smallest absolute Gasteiger partial charge is 0.326 e. The fourth-order valence-corrected chi connectivity index (χ4v) is 3.53.